The van der Waals surface area contributed by atoms with Gasteiger partial charge >= 0.3 is 5.97 Å². The molecule has 3 aliphatic rings. The van der Waals surface area contributed by atoms with Crippen LogP contribution >= 0.6 is 0 Å². The summed E-state index contributed by atoms with van der Waals surface area (Å²) >= 11 is 0. The minimum Gasteiger partial charge on any atom is -0.490 e. The predicted molar refractivity (Wildman–Crippen MR) is 113 cm³/mol. The lowest BCUT2D eigenvalue weighted by atomic mass is 9.96. The average Bonchev–Trinajstić information content (AvgIpc) is 3.55. The van der Waals surface area contributed by atoms with Crippen LogP contribution in [0.25, 0.3) is 0 Å². The maximum absolute atomic E-state index is 13.4. The number of anilines is 1. The van der Waals surface area contributed by atoms with Gasteiger partial charge in [0, 0.05) is 18.9 Å². The van der Waals surface area contributed by atoms with E-state index in [1.54, 1.807) is 29.2 Å². The number of ether oxygens (including phenoxy) is 2. The van der Waals surface area contributed by atoms with Crippen molar-refractivity contribution in [2.75, 3.05) is 18.1 Å². The van der Waals surface area contributed by atoms with Crippen LogP contribution in [0.2, 0.25) is 0 Å². The molecule has 0 aromatic heterocycles. The van der Waals surface area contributed by atoms with Crippen molar-refractivity contribution in [1.82, 2.24) is 4.90 Å². The first-order chi connectivity index (χ1) is 15.0. The molecular formula is C24H24N2O5. The maximum Gasteiger partial charge on any atom is 0.353 e. The first-order valence-electron chi connectivity index (χ1n) is 10.6. The molecule has 0 N–H and O–H groups in total. The molecular weight excluding hydrogens is 396 g/mol. The molecule has 7 nitrogen and oxygen atoms in total. The molecule has 5 rings (SSSR count). The standard InChI is InChI=1S/C24H24N2O5/c1-16-6-10-18(11-7-16)30-14-15-31-23(29)24-13-12-21(27)26(24)20-5-3-2-4-19(20)22(28)25(24)17-8-9-17/h2-7,10-11,17H,8-9,12-15H2,1H3. The van der Waals surface area contributed by atoms with Crippen LogP contribution in [0.3, 0.4) is 0 Å². The van der Waals surface area contributed by atoms with Gasteiger partial charge in [0.1, 0.15) is 19.0 Å². The maximum atomic E-state index is 13.4. The summed E-state index contributed by atoms with van der Waals surface area (Å²) in [6.45, 7) is 2.21. The van der Waals surface area contributed by atoms with Gasteiger partial charge in [-0.2, -0.15) is 0 Å². The Balaban J connectivity index is 1.39. The highest BCUT2D eigenvalue weighted by molar-refractivity contribution is 6.15. The van der Waals surface area contributed by atoms with Gasteiger partial charge in [0.25, 0.3) is 5.91 Å². The highest BCUT2D eigenvalue weighted by Crippen LogP contribution is 2.49. The molecule has 0 spiro atoms. The van der Waals surface area contributed by atoms with Crippen molar-refractivity contribution in [3.8, 4) is 5.75 Å². The van der Waals surface area contributed by atoms with Gasteiger partial charge in [-0.15, -0.1) is 0 Å². The van der Waals surface area contributed by atoms with Crippen molar-refractivity contribution < 1.29 is 23.9 Å². The van der Waals surface area contributed by atoms with Crippen LogP contribution in [-0.4, -0.2) is 47.6 Å². The number of amides is 2. The van der Waals surface area contributed by atoms with Crippen molar-refractivity contribution in [2.24, 2.45) is 0 Å². The fourth-order valence-electron chi connectivity index (χ4n) is 4.56. The van der Waals surface area contributed by atoms with Crippen molar-refractivity contribution >= 4 is 23.5 Å². The molecule has 1 atom stereocenters. The van der Waals surface area contributed by atoms with Crippen LogP contribution in [-0.2, 0) is 14.3 Å². The van der Waals surface area contributed by atoms with Crippen molar-refractivity contribution in [3.63, 3.8) is 0 Å². The third-order valence-corrected chi connectivity index (χ3v) is 6.14. The van der Waals surface area contributed by atoms with E-state index in [2.05, 4.69) is 0 Å². The van der Waals surface area contributed by atoms with Crippen LogP contribution in [0.5, 0.6) is 5.75 Å². The molecule has 2 aromatic carbocycles. The minimum absolute atomic E-state index is 0.0326. The van der Waals surface area contributed by atoms with Crippen molar-refractivity contribution in [3.05, 3.63) is 59.7 Å². The zero-order valence-corrected chi connectivity index (χ0v) is 17.4. The summed E-state index contributed by atoms with van der Waals surface area (Å²) in [6, 6.07) is 14.5. The van der Waals surface area contributed by atoms with E-state index < -0.39 is 11.6 Å². The smallest absolute Gasteiger partial charge is 0.353 e. The second-order valence-corrected chi connectivity index (χ2v) is 8.27. The monoisotopic (exact) mass is 420 g/mol. The largest absolute Gasteiger partial charge is 0.490 e. The van der Waals surface area contributed by atoms with Gasteiger partial charge in [-0.05, 0) is 44.0 Å². The fourth-order valence-corrected chi connectivity index (χ4v) is 4.56. The molecule has 2 fully saturated rings. The molecule has 1 saturated heterocycles. The number of hydrogen-bond donors (Lipinski definition) is 0. The zero-order valence-electron chi connectivity index (χ0n) is 17.4. The van der Waals surface area contributed by atoms with E-state index in [1.807, 2.05) is 31.2 Å². The van der Waals surface area contributed by atoms with Crippen LogP contribution in [0.4, 0.5) is 5.69 Å². The van der Waals surface area contributed by atoms with E-state index in [9.17, 15) is 14.4 Å². The molecule has 1 saturated carbocycles. The van der Waals surface area contributed by atoms with Gasteiger partial charge in [-0.1, -0.05) is 29.8 Å². The van der Waals surface area contributed by atoms with Gasteiger partial charge < -0.3 is 14.4 Å². The molecule has 0 bridgehead atoms. The van der Waals surface area contributed by atoms with Crippen LogP contribution in [0.1, 0.15) is 41.6 Å². The van der Waals surface area contributed by atoms with E-state index in [4.69, 9.17) is 9.47 Å². The number of fused-ring (bicyclic) bond motifs is 3. The summed E-state index contributed by atoms with van der Waals surface area (Å²) in [5.74, 6) is -0.255. The molecule has 2 amide bonds. The lowest BCUT2D eigenvalue weighted by molar-refractivity contribution is -0.158. The molecule has 160 valence electrons. The molecule has 0 radical (unpaired) electrons. The Labute approximate surface area is 180 Å². The van der Waals surface area contributed by atoms with E-state index in [0.717, 1.165) is 18.4 Å². The first kappa shape index (κ1) is 19.6. The highest BCUT2D eigenvalue weighted by atomic mass is 16.6. The van der Waals surface area contributed by atoms with Gasteiger partial charge in [0.15, 0.2) is 0 Å². The van der Waals surface area contributed by atoms with Crippen LogP contribution < -0.4 is 9.64 Å². The molecule has 1 aliphatic carbocycles. The molecule has 7 heteroatoms. The third-order valence-electron chi connectivity index (χ3n) is 6.14. The van der Waals surface area contributed by atoms with E-state index in [-0.39, 0.29) is 43.9 Å². The van der Waals surface area contributed by atoms with Gasteiger partial charge in [-0.25, -0.2) is 4.79 Å². The predicted octanol–water partition coefficient (Wildman–Crippen LogP) is 3.06. The van der Waals surface area contributed by atoms with E-state index in [0.29, 0.717) is 17.0 Å². The number of aryl methyl sites for hydroxylation is 1. The Morgan fingerprint density at radius 3 is 2.55 bits per heavy atom. The number of carbonyl (C=O) groups excluding carboxylic acids is 3. The molecule has 31 heavy (non-hydrogen) atoms. The Bertz CT molecular complexity index is 1050. The molecule has 2 heterocycles. The number of rotatable bonds is 6. The van der Waals surface area contributed by atoms with E-state index >= 15 is 0 Å². The normalized spacial score (nSPS) is 22.2. The van der Waals surface area contributed by atoms with Crippen LogP contribution in [0.15, 0.2) is 48.5 Å². The summed E-state index contributed by atoms with van der Waals surface area (Å²) in [5, 5.41) is 0. The fraction of sp³-hybridized carbons (Fsp3) is 0.375. The summed E-state index contributed by atoms with van der Waals surface area (Å²) in [7, 11) is 0. The summed E-state index contributed by atoms with van der Waals surface area (Å²) in [6.07, 6.45) is 2.07. The number of para-hydroxylation sites is 1. The Morgan fingerprint density at radius 2 is 1.81 bits per heavy atom. The molecule has 1 unspecified atom stereocenters. The second kappa shape index (κ2) is 7.41. The SMILES string of the molecule is Cc1ccc(OCCOC(=O)C23CCC(=O)N2c2ccccc2C(=O)N3C2CC2)cc1. The number of esters is 1. The van der Waals surface area contributed by atoms with Gasteiger partial charge in [0.05, 0.1) is 11.3 Å². The van der Waals surface area contributed by atoms with Gasteiger partial charge in [0.2, 0.25) is 11.6 Å². The summed E-state index contributed by atoms with van der Waals surface area (Å²) < 4.78 is 11.3. The topological polar surface area (TPSA) is 76.1 Å². The number of hydrogen-bond acceptors (Lipinski definition) is 5. The zero-order chi connectivity index (χ0) is 21.6. The Kier molecular flexibility index (Phi) is 4.68. The highest BCUT2D eigenvalue weighted by Gasteiger charge is 2.64. The van der Waals surface area contributed by atoms with Crippen LogP contribution in [0, 0.1) is 6.92 Å². The number of benzene rings is 2. The average molecular weight is 420 g/mol. The van der Waals surface area contributed by atoms with Crippen molar-refractivity contribution in [2.45, 2.75) is 44.3 Å². The molecule has 2 aliphatic heterocycles. The lowest BCUT2D eigenvalue weighted by Crippen LogP contribution is -2.69. The summed E-state index contributed by atoms with van der Waals surface area (Å²) in [4.78, 5) is 42.8. The van der Waals surface area contributed by atoms with Gasteiger partial charge in [-0.3, -0.25) is 14.5 Å². The third kappa shape index (κ3) is 3.15. The molecule has 2 aromatic rings. The van der Waals surface area contributed by atoms with Crippen molar-refractivity contribution in [1.29, 1.82) is 0 Å². The quantitative estimate of drug-likeness (QED) is 0.530. The number of nitrogens with zero attached hydrogens (tertiary/aromatic N) is 2. The lowest BCUT2D eigenvalue weighted by Gasteiger charge is -2.48. The van der Waals surface area contributed by atoms with E-state index in [1.165, 1.54) is 4.90 Å². The second-order valence-electron chi connectivity index (χ2n) is 8.27. The first-order valence-corrected chi connectivity index (χ1v) is 10.6. The summed E-state index contributed by atoms with van der Waals surface area (Å²) in [5.41, 5.74) is 0.662. The minimum atomic E-state index is -1.41. The Morgan fingerprint density at radius 1 is 1.06 bits per heavy atom. The number of carbonyl (C=O) groups is 3. The Hall–Kier alpha value is -3.35.